The van der Waals surface area contributed by atoms with Crippen LogP contribution < -0.4 is 9.47 Å². The van der Waals surface area contributed by atoms with Gasteiger partial charge in [0.1, 0.15) is 18.3 Å². The van der Waals surface area contributed by atoms with Crippen LogP contribution in [0.25, 0.3) is 0 Å². The van der Waals surface area contributed by atoms with Crippen LogP contribution in [-0.2, 0) is 20.9 Å². The first-order valence-electron chi connectivity index (χ1n) is 11.6. The molecule has 0 bridgehead atoms. The second-order valence-electron chi connectivity index (χ2n) is 9.90. The van der Waals surface area contributed by atoms with Crippen LogP contribution in [0.4, 0.5) is 0 Å². The molecule has 7 heteroatoms. The van der Waals surface area contributed by atoms with Gasteiger partial charge in [0.15, 0.2) is 17.3 Å². The number of aromatic hydroxyl groups is 1. The van der Waals surface area contributed by atoms with Crippen molar-refractivity contribution < 1.29 is 28.9 Å². The Balaban J connectivity index is 1.72. The van der Waals surface area contributed by atoms with Crippen molar-refractivity contribution in [1.29, 1.82) is 0 Å². The van der Waals surface area contributed by atoms with Crippen molar-refractivity contribution in [2.24, 2.45) is 16.3 Å². The Morgan fingerprint density at radius 2 is 1.80 bits per heavy atom. The van der Waals surface area contributed by atoms with E-state index in [1.165, 1.54) is 13.2 Å². The number of ether oxygens (including phenoxy) is 3. The lowest BCUT2D eigenvalue weighted by molar-refractivity contribution is -0.148. The molecule has 2 aromatic rings. The summed E-state index contributed by atoms with van der Waals surface area (Å²) >= 11 is 0. The van der Waals surface area contributed by atoms with Gasteiger partial charge in [0.25, 0.3) is 0 Å². The number of benzene rings is 2. The van der Waals surface area contributed by atoms with Gasteiger partial charge in [0.2, 0.25) is 0 Å². The van der Waals surface area contributed by atoms with Crippen LogP contribution in [0, 0.1) is 11.3 Å². The molecule has 4 rings (SSSR count). The van der Waals surface area contributed by atoms with Gasteiger partial charge in [-0.3, -0.25) is 14.6 Å². The molecule has 2 aliphatic rings. The van der Waals surface area contributed by atoms with Gasteiger partial charge in [-0.1, -0.05) is 32.0 Å². The molecular weight excluding hydrogens is 446 g/mol. The average molecular weight is 478 g/mol. The molecule has 1 N–H and O–H groups in total. The van der Waals surface area contributed by atoms with Gasteiger partial charge < -0.3 is 19.3 Å². The van der Waals surface area contributed by atoms with Crippen LogP contribution in [0.1, 0.15) is 50.7 Å². The predicted molar refractivity (Wildman–Crippen MR) is 132 cm³/mol. The monoisotopic (exact) mass is 477 g/mol. The largest absolute Gasteiger partial charge is 0.504 e. The van der Waals surface area contributed by atoms with Crippen molar-refractivity contribution in [1.82, 2.24) is 0 Å². The van der Waals surface area contributed by atoms with Gasteiger partial charge in [0.05, 0.1) is 14.2 Å². The van der Waals surface area contributed by atoms with Crippen LogP contribution in [0.5, 0.6) is 17.2 Å². The quantitative estimate of drug-likeness (QED) is 0.591. The molecule has 1 heterocycles. The van der Waals surface area contributed by atoms with E-state index in [4.69, 9.17) is 19.2 Å². The summed E-state index contributed by atoms with van der Waals surface area (Å²) in [4.78, 5) is 31.6. The SMILES string of the molecule is COc1ccc(COC(=O)C2C(C)=NC3=C(C(=O)CC(C)(C)C3)[C@H]2c2ccc(O)c(OC)c2)cc1. The summed E-state index contributed by atoms with van der Waals surface area (Å²) in [6.45, 7) is 5.99. The lowest BCUT2D eigenvalue weighted by Crippen LogP contribution is -2.39. The highest BCUT2D eigenvalue weighted by Crippen LogP contribution is 2.48. The molecule has 184 valence electrons. The molecule has 2 atom stereocenters. The first kappa shape index (κ1) is 24.5. The average Bonchev–Trinajstić information content (AvgIpc) is 2.81. The van der Waals surface area contributed by atoms with Crippen LogP contribution in [0.2, 0.25) is 0 Å². The normalized spacial score (nSPS) is 21.2. The van der Waals surface area contributed by atoms with Gasteiger partial charge in [-0.05, 0) is 54.2 Å². The molecule has 2 aromatic carbocycles. The van der Waals surface area contributed by atoms with E-state index in [2.05, 4.69) is 0 Å². The molecule has 0 saturated heterocycles. The number of esters is 1. The molecule has 35 heavy (non-hydrogen) atoms. The number of nitrogens with zero attached hydrogens (tertiary/aromatic N) is 1. The van der Waals surface area contributed by atoms with Gasteiger partial charge in [-0.25, -0.2) is 0 Å². The minimum absolute atomic E-state index is 0.0126. The van der Waals surface area contributed by atoms with Crippen LogP contribution in [0.3, 0.4) is 0 Å². The minimum atomic E-state index is -0.772. The number of rotatable bonds is 6. The Bertz CT molecular complexity index is 1210. The standard InChI is InChI=1S/C28H31NO6/c1-16-24(27(32)35-15-17-6-9-19(33-4)10-7-17)25(18-8-11-21(30)23(12-18)34-5)26-20(29-16)13-28(2,3)14-22(26)31/h6-12,24-25,30H,13-15H2,1-5H3/t24?,25-/m0/s1. The van der Waals surface area contributed by atoms with Gasteiger partial charge in [-0.2, -0.15) is 0 Å². The first-order chi connectivity index (χ1) is 16.6. The number of Topliss-reactive ketones (excluding diaryl/α,β-unsaturated/α-hetero) is 1. The summed E-state index contributed by atoms with van der Waals surface area (Å²) in [5, 5.41) is 10.1. The Morgan fingerprint density at radius 3 is 2.46 bits per heavy atom. The maximum Gasteiger partial charge on any atom is 0.315 e. The van der Waals surface area contributed by atoms with Crippen LogP contribution >= 0.6 is 0 Å². The number of phenols is 1. The topological polar surface area (TPSA) is 94.4 Å². The third-order valence-corrected chi connectivity index (χ3v) is 6.66. The second kappa shape index (κ2) is 9.56. The Hall–Kier alpha value is -3.61. The fraction of sp³-hybridized carbons (Fsp3) is 0.393. The van der Waals surface area contributed by atoms with E-state index >= 15 is 0 Å². The second-order valence-corrected chi connectivity index (χ2v) is 9.90. The Labute approximate surface area is 205 Å². The molecule has 0 aromatic heterocycles. The van der Waals surface area contributed by atoms with E-state index < -0.39 is 17.8 Å². The van der Waals surface area contributed by atoms with Crippen molar-refractivity contribution in [3.05, 3.63) is 64.9 Å². The number of carbonyl (C=O) groups excluding carboxylic acids is 2. The van der Waals surface area contributed by atoms with Crippen LogP contribution in [0.15, 0.2) is 58.7 Å². The Kier molecular flexibility index (Phi) is 6.70. The lowest BCUT2D eigenvalue weighted by Gasteiger charge is -2.39. The maximum absolute atomic E-state index is 13.5. The summed E-state index contributed by atoms with van der Waals surface area (Å²) in [5.41, 5.74) is 3.18. The van der Waals surface area contributed by atoms with Crippen LogP contribution in [-0.4, -0.2) is 36.8 Å². The molecule has 0 saturated carbocycles. The van der Waals surface area contributed by atoms with E-state index in [9.17, 15) is 14.7 Å². The van der Waals surface area contributed by atoms with E-state index in [-0.39, 0.29) is 29.3 Å². The summed E-state index contributed by atoms with van der Waals surface area (Å²) in [7, 11) is 3.06. The molecule has 1 unspecified atom stereocenters. The highest BCUT2D eigenvalue weighted by atomic mass is 16.5. The fourth-order valence-corrected chi connectivity index (χ4v) is 4.96. The number of carbonyl (C=O) groups is 2. The number of phenolic OH excluding ortho intramolecular Hbond substituents is 1. The van der Waals surface area contributed by atoms with Crippen molar-refractivity contribution in [3.8, 4) is 17.2 Å². The molecule has 1 aliphatic carbocycles. The molecule has 0 amide bonds. The van der Waals surface area contributed by atoms with Gasteiger partial charge in [-0.15, -0.1) is 0 Å². The molecule has 1 aliphatic heterocycles. The third-order valence-electron chi connectivity index (χ3n) is 6.66. The van der Waals surface area contributed by atoms with E-state index in [0.29, 0.717) is 29.7 Å². The van der Waals surface area contributed by atoms with Gasteiger partial charge in [0, 0.05) is 29.3 Å². The zero-order valence-corrected chi connectivity index (χ0v) is 20.8. The number of allylic oxidation sites excluding steroid dienone is 2. The number of aliphatic imine (C=N–C) groups is 1. The van der Waals surface area contributed by atoms with Crippen molar-refractivity contribution in [2.75, 3.05) is 14.2 Å². The molecule has 7 nitrogen and oxygen atoms in total. The third kappa shape index (κ3) is 4.94. The smallest absolute Gasteiger partial charge is 0.315 e. The molecule has 0 fully saturated rings. The zero-order chi connectivity index (χ0) is 25.3. The minimum Gasteiger partial charge on any atom is -0.504 e. The van der Waals surface area contributed by atoms with Gasteiger partial charge >= 0.3 is 5.97 Å². The first-order valence-corrected chi connectivity index (χ1v) is 11.6. The number of hydrogen-bond acceptors (Lipinski definition) is 7. The van der Waals surface area contributed by atoms with Crippen molar-refractivity contribution in [2.45, 2.75) is 46.1 Å². The summed E-state index contributed by atoms with van der Waals surface area (Å²) in [5.74, 6) is -0.841. The summed E-state index contributed by atoms with van der Waals surface area (Å²) < 4.78 is 16.2. The maximum atomic E-state index is 13.5. The zero-order valence-electron chi connectivity index (χ0n) is 20.8. The van der Waals surface area contributed by atoms with E-state index in [0.717, 1.165) is 17.0 Å². The molecular formula is C28H31NO6. The molecule has 0 radical (unpaired) electrons. The number of methoxy groups -OCH3 is 2. The summed E-state index contributed by atoms with van der Waals surface area (Å²) in [6, 6.07) is 12.2. The van der Waals surface area contributed by atoms with E-state index in [1.54, 1.807) is 26.2 Å². The highest BCUT2D eigenvalue weighted by molar-refractivity contribution is 6.09. The Morgan fingerprint density at radius 1 is 1.09 bits per heavy atom. The van der Waals surface area contributed by atoms with Crippen molar-refractivity contribution in [3.63, 3.8) is 0 Å². The molecule has 0 spiro atoms. The van der Waals surface area contributed by atoms with Crippen molar-refractivity contribution >= 4 is 17.5 Å². The lowest BCUT2D eigenvalue weighted by atomic mass is 9.67. The predicted octanol–water partition coefficient (Wildman–Crippen LogP) is 4.97. The summed E-state index contributed by atoms with van der Waals surface area (Å²) in [6.07, 6.45) is 1.02. The fourth-order valence-electron chi connectivity index (χ4n) is 4.96. The number of ketones is 1. The van der Waals surface area contributed by atoms with E-state index in [1.807, 2.05) is 38.1 Å². The number of hydrogen-bond donors (Lipinski definition) is 1. The highest BCUT2D eigenvalue weighted by Gasteiger charge is 2.46.